The van der Waals surface area contributed by atoms with Crippen molar-refractivity contribution in [2.24, 2.45) is 5.92 Å². The molecule has 0 bridgehead atoms. The van der Waals surface area contributed by atoms with Gasteiger partial charge >= 0.3 is 0 Å². The molecule has 0 aliphatic rings. The maximum atomic E-state index is 4.14. The van der Waals surface area contributed by atoms with Gasteiger partial charge in [-0.05, 0) is 12.5 Å². The second-order valence-corrected chi connectivity index (χ2v) is 4.80. The molecule has 0 radical (unpaired) electrons. The van der Waals surface area contributed by atoms with Crippen molar-refractivity contribution in [2.75, 3.05) is 6.54 Å². The Bertz CT molecular complexity index is 445. The van der Waals surface area contributed by atoms with Crippen molar-refractivity contribution in [3.05, 3.63) is 30.6 Å². The van der Waals surface area contributed by atoms with Crippen molar-refractivity contribution in [3.8, 4) is 0 Å². The lowest BCUT2D eigenvalue weighted by atomic mass is 10.2. The van der Waals surface area contributed by atoms with Crippen molar-refractivity contribution >= 4 is 0 Å². The third-order valence-electron chi connectivity index (χ3n) is 2.59. The Morgan fingerprint density at radius 2 is 2.22 bits per heavy atom. The van der Waals surface area contributed by atoms with Crippen LogP contribution in [0, 0.1) is 5.92 Å². The first kappa shape index (κ1) is 12.8. The van der Waals surface area contributed by atoms with Crippen LogP contribution in [0.3, 0.4) is 0 Å². The first-order valence-corrected chi connectivity index (χ1v) is 6.29. The highest BCUT2D eigenvalue weighted by Gasteiger charge is 2.01. The van der Waals surface area contributed by atoms with Crippen LogP contribution < -0.4 is 5.32 Å². The zero-order valence-electron chi connectivity index (χ0n) is 11.0. The van der Waals surface area contributed by atoms with Crippen LogP contribution in [-0.4, -0.2) is 31.1 Å². The summed E-state index contributed by atoms with van der Waals surface area (Å²) in [6.07, 6.45) is 7.52. The Morgan fingerprint density at radius 3 is 2.94 bits per heavy atom. The van der Waals surface area contributed by atoms with Crippen molar-refractivity contribution in [1.82, 2.24) is 29.9 Å². The van der Waals surface area contributed by atoms with E-state index in [1.165, 1.54) is 0 Å². The molecule has 0 atom stereocenters. The Morgan fingerprint density at radius 1 is 1.33 bits per heavy atom. The lowest BCUT2D eigenvalue weighted by Crippen LogP contribution is -2.19. The van der Waals surface area contributed by atoms with Gasteiger partial charge in [0, 0.05) is 31.7 Å². The predicted molar refractivity (Wildman–Crippen MR) is 68.8 cm³/mol. The summed E-state index contributed by atoms with van der Waals surface area (Å²) in [7, 11) is 0. The molecule has 6 nitrogen and oxygen atoms in total. The quantitative estimate of drug-likeness (QED) is 0.791. The maximum Gasteiger partial charge on any atom is 0.0964 e. The van der Waals surface area contributed by atoms with Crippen molar-refractivity contribution in [2.45, 2.75) is 33.5 Å². The number of aromatic nitrogens is 5. The number of rotatable bonds is 7. The van der Waals surface area contributed by atoms with E-state index >= 15 is 0 Å². The molecular weight excluding hydrogens is 228 g/mol. The van der Waals surface area contributed by atoms with Gasteiger partial charge < -0.3 is 9.88 Å². The van der Waals surface area contributed by atoms with E-state index in [9.17, 15) is 0 Å². The minimum atomic E-state index is 0.654. The molecule has 0 aliphatic carbocycles. The Labute approximate surface area is 107 Å². The number of aryl methyl sites for hydroxylation is 2. The molecule has 0 unspecified atom stereocenters. The average Bonchev–Trinajstić information content (AvgIpc) is 2.96. The van der Waals surface area contributed by atoms with Gasteiger partial charge in [0.15, 0.2) is 0 Å². The lowest BCUT2D eigenvalue weighted by molar-refractivity contribution is 0.519. The van der Waals surface area contributed by atoms with Crippen LogP contribution in [-0.2, 0) is 19.6 Å². The highest BCUT2D eigenvalue weighted by molar-refractivity contribution is 4.91. The molecule has 0 saturated heterocycles. The van der Waals surface area contributed by atoms with Gasteiger partial charge in [-0.2, -0.15) is 0 Å². The van der Waals surface area contributed by atoms with Gasteiger partial charge in [-0.25, -0.2) is 4.98 Å². The van der Waals surface area contributed by atoms with E-state index in [-0.39, 0.29) is 0 Å². The minimum Gasteiger partial charge on any atom is -0.336 e. The second-order valence-electron chi connectivity index (χ2n) is 4.80. The molecule has 0 aliphatic heterocycles. The van der Waals surface area contributed by atoms with E-state index in [4.69, 9.17) is 0 Å². The van der Waals surface area contributed by atoms with E-state index < -0.39 is 0 Å². The van der Waals surface area contributed by atoms with Gasteiger partial charge in [-0.3, -0.25) is 4.68 Å². The Balaban J connectivity index is 1.75. The lowest BCUT2D eigenvalue weighted by Gasteiger charge is -2.04. The fourth-order valence-electron chi connectivity index (χ4n) is 1.65. The molecule has 98 valence electrons. The minimum absolute atomic E-state index is 0.654. The van der Waals surface area contributed by atoms with Gasteiger partial charge in [0.2, 0.25) is 0 Å². The maximum absolute atomic E-state index is 4.14. The third kappa shape index (κ3) is 3.96. The smallest absolute Gasteiger partial charge is 0.0964 e. The molecule has 0 saturated carbocycles. The molecule has 18 heavy (non-hydrogen) atoms. The van der Waals surface area contributed by atoms with E-state index in [0.29, 0.717) is 5.92 Å². The summed E-state index contributed by atoms with van der Waals surface area (Å²) < 4.78 is 3.89. The van der Waals surface area contributed by atoms with Crippen molar-refractivity contribution < 1.29 is 0 Å². The summed E-state index contributed by atoms with van der Waals surface area (Å²) in [6, 6.07) is 0. The van der Waals surface area contributed by atoms with E-state index in [1.54, 1.807) is 6.20 Å². The zero-order chi connectivity index (χ0) is 12.8. The summed E-state index contributed by atoms with van der Waals surface area (Å²) in [5.41, 5.74) is 0.987. The van der Waals surface area contributed by atoms with E-state index in [1.807, 2.05) is 28.0 Å². The molecule has 2 rings (SSSR count). The van der Waals surface area contributed by atoms with Crippen molar-refractivity contribution in [3.63, 3.8) is 0 Å². The number of nitrogens with one attached hydrogen (secondary N) is 1. The number of imidazole rings is 1. The van der Waals surface area contributed by atoms with Crippen LogP contribution >= 0.6 is 0 Å². The average molecular weight is 248 g/mol. The van der Waals surface area contributed by atoms with Gasteiger partial charge in [-0.1, -0.05) is 19.1 Å². The van der Waals surface area contributed by atoms with Crippen LogP contribution in [0.2, 0.25) is 0 Å². The molecule has 0 fully saturated rings. The molecule has 0 spiro atoms. The molecule has 0 amide bonds. The largest absolute Gasteiger partial charge is 0.336 e. The second kappa shape index (κ2) is 6.30. The van der Waals surface area contributed by atoms with E-state index in [0.717, 1.165) is 31.9 Å². The molecule has 1 N–H and O–H groups in total. The fourth-order valence-corrected chi connectivity index (χ4v) is 1.65. The first-order chi connectivity index (χ1) is 8.74. The summed E-state index contributed by atoms with van der Waals surface area (Å²) in [5.74, 6) is 0.654. The monoisotopic (exact) mass is 248 g/mol. The van der Waals surface area contributed by atoms with Crippen LogP contribution in [0.1, 0.15) is 19.5 Å². The molecule has 6 heteroatoms. The number of hydrogen-bond donors (Lipinski definition) is 1. The molecule has 2 heterocycles. The van der Waals surface area contributed by atoms with Crippen LogP contribution in [0.5, 0.6) is 0 Å². The summed E-state index contributed by atoms with van der Waals surface area (Å²) in [5, 5.41) is 11.6. The van der Waals surface area contributed by atoms with Gasteiger partial charge in [0.1, 0.15) is 0 Å². The van der Waals surface area contributed by atoms with Gasteiger partial charge in [0.05, 0.1) is 18.6 Å². The summed E-state index contributed by atoms with van der Waals surface area (Å²) in [4.78, 5) is 4.00. The molecule has 0 aromatic carbocycles. The standard InChI is InChI=1S/C12H20N6/c1-11(2)7-14-8-12-9-18(16-15-12)6-5-17-4-3-13-10-17/h3-4,9-11,14H,5-8H2,1-2H3. The van der Waals surface area contributed by atoms with Crippen LogP contribution in [0.25, 0.3) is 0 Å². The SMILES string of the molecule is CC(C)CNCc1cn(CCn2ccnc2)nn1. The van der Waals surface area contributed by atoms with Crippen LogP contribution in [0.15, 0.2) is 24.9 Å². The molecule has 2 aromatic heterocycles. The van der Waals surface area contributed by atoms with E-state index in [2.05, 4.69) is 34.5 Å². The topological polar surface area (TPSA) is 60.6 Å². The Kier molecular flexibility index (Phi) is 4.46. The van der Waals surface area contributed by atoms with Crippen molar-refractivity contribution in [1.29, 1.82) is 0 Å². The Hall–Kier alpha value is -1.69. The molecule has 2 aromatic rings. The van der Waals surface area contributed by atoms with Gasteiger partial charge in [-0.15, -0.1) is 5.10 Å². The first-order valence-electron chi connectivity index (χ1n) is 6.29. The molecular formula is C12H20N6. The van der Waals surface area contributed by atoms with Gasteiger partial charge in [0.25, 0.3) is 0 Å². The zero-order valence-corrected chi connectivity index (χ0v) is 11.0. The third-order valence-corrected chi connectivity index (χ3v) is 2.59. The predicted octanol–water partition coefficient (Wildman–Crippen LogP) is 0.920. The summed E-state index contributed by atoms with van der Waals surface area (Å²) in [6.45, 7) is 7.84. The highest BCUT2D eigenvalue weighted by atomic mass is 15.4. The van der Waals surface area contributed by atoms with Crippen LogP contribution in [0.4, 0.5) is 0 Å². The highest BCUT2D eigenvalue weighted by Crippen LogP contribution is 1.96. The number of nitrogens with zero attached hydrogens (tertiary/aromatic N) is 5. The fraction of sp³-hybridized carbons (Fsp3) is 0.583. The number of hydrogen-bond acceptors (Lipinski definition) is 4. The normalized spacial score (nSPS) is 11.3. The summed E-state index contributed by atoms with van der Waals surface area (Å²) >= 11 is 0.